The molecule has 112 valence electrons. The van der Waals surface area contributed by atoms with E-state index in [1.165, 1.54) is 0 Å². The predicted octanol–water partition coefficient (Wildman–Crippen LogP) is 0.406. The van der Waals surface area contributed by atoms with Gasteiger partial charge in [-0.25, -0.2) is 4.52 Å². The quantitative estimate of drug-likeness (QED) is 0.836. The molecule has 8 heteroatoms. The van der Waals surface area contributed by atoms with Gasteiger partial charge in [0.25, 0.3) is 0 Å². The van der Waals surface area contributed by atoms with Crippen LogP contribution < -0.4 is 15.5 Å². The molecule has 1 aliphatic heterocycles. The summed E-state index contributed by atoms with van der Waals surface area (Å²) in [6.07, 6.45) is 1.86. The Morgan fingerprint density at radius 1 is 1.57 bits per heavy atom. The number of amides is 1. The number of pyridine rings is 1. The molecule has 7 nitrogen and oxygen atoms in total. The number of carbonyl (C=O) groups excluding carboxylic acids is 1. The first-order valence-corrected chi connectivity index (χ1v) is 7.75. The van der Waals surface area contributed by atoms with Crippen LogP contribution in [0, 0.1) is 0 Å². The van der Waals surface area contributed by atoms with Crippen LogP contribution in [0.15, 0.2) is 22.8 Å². The topological polar surface area (TPSA) is 74.6 Å². The van der Waals surface area contributed by atoms with E-state index in [4.69, 9.17) is 0 Å². The number of carbonyl (C=O) groups is 1. The van der Waals surface area contributed by atoms with Crippen LogP contribution in [0.4, 0.5) is 5.95 Å². The highest BCUT2D eigenvalue weighted by Gasteiger charge is 2.30. The van der Waals surface area contributed by atoms with Crippen LogP contribution in [-0.4, -0.2) is 52.7 Å². The van der Waals surface area contributed by atoms with E-state index in [2.05, 4.69) is 36.6 Å². The normalized spacial score (nSPS) is 19.0. The second kappa shape index (κ2) is 5.98. The van der Waals surface area contributed by atoms with Gasteiger partial charge in [0, 0.05) is 36.8 Å². The Bertz CT molecular complexity index is 657. The molecular formula is C13H17BrN6O. The molecule has 3 heterocycles. The number of anilines is 1. The zero-order valence-corrected chi connectivity index (χ0v) is 13.3. The van der Waals surface area contributed by atoms with Crippen LogP contribution in [0.3, 0.4) is 0 Å². The van der Waals surface area contributed by atoms with Gasteiger partial charge in [-0.3, -0.25) is 4.79 Å². The third-order valence-corrected chi connectivity index (χ3v) is 3.91. The molecule has 2 aromatic rings. The van der Waals surface area contributed by atoms with E-state index in [1.54, 1.807) is 4.52 Å². The van der Waals surface area contributed by atoms with E-state index in [1.807, 2.05) is 30.2 Å². The summed E-state index contributed by atoms with van der Waals surface area (Å²) >= 11 is 3.42. The van der Waals surface area contributed by atoms with Crippen LogP contribution in [-0.2, 0) is 4.79 Å². The summed E-state index contributed by atoms with van der Waals surface area (Å²) in [4.78, 5) is 18.7. The van der Waals surface area contributed by atoms with Crippen LogP contribution in [0.1, 0.15) is 6.92 Å². The maximum absolute atomic E-state index is 12.2. The number of nitrogens with zero attached hydrogens (tertiary/aromatic N) is 4. The van der Waals surface area contributed by atoms with Gasteiger partial charge in [0.1, 0.15) is 6.04 Å². The molecule has 2 aromatic heterocycles. The first-order valence-electron chi connectivity index (χ1n) is 6.96. The Kier molecular flexibility index (Phi) is 4.07. The minimum absolute atomic E-state index is 0.00439. The maximum atomic E-state index is 12.2. The molecule has 0 aliphatic carbocycles. The van der Waals surface area contributed by atoms with Gasteiger partial charge in [-0.05, 0) is 35.0 Å². The molecule has 3 rings (SSSR count). The third-order valence-electron chi connectivity index (χ3n) is 3.44. The molecule has 2 N–H and O–H groups in total. The molecule has 1 atom stereocenters. The number of halogens is 1. The number of hydrogen-bond acceptors (Lipinski definition) is 5. The second-order valence-corrected chi connectivity index (χ2v) is 5.79. The van der Waals surface area contributed by atoms with Crippen molar-refractivity contribution in [3.63, 3.8) is 0 Å². The molecular weight excluding hydrogens is 336 g/mol. The van der Waals surface area contributed by atoms with Gasteiger partial charge < -0.3 is 15.5 Å². The van der Waals surface area contributed by atoms with E-state index in [0.29, 0.717) is 25.6 Å². The molecule has 0 radical (unpaired) electrons. The summed E-state index contributed by atoms with van der Waals surface area (Å²) in [5.41, 5.74) is 0.765. The van der Waals surface area contributed by atoms with Gasteiger partial charge in [0.05, 0.1) is 0 Å². The number of rotatable bonds is 3. The Morgan fingerprint density at radius 3 is 3.24 bits per heavy atom. The van der Waals surface area contributed by atoms with Crippen molar-refractivity contribution in [1.29, 1.82) is 0 Å². The molecule has 0 bridgehead atoms. The Hall–Kier alpha value is -1.67. The Morgan fingerprint density at radius 2 is 2.43 bits per heavy atom. The van der Waals surface area contributed by atoms with Crippen molar-refractivity contribution in [1.82, 2.24) is 25.2 Å². The van der Waals surface area contributed by atoms with E-state index in [9.17, 15) is 4.79 Å². The van der Waals surface area contributed by atoms with Gasteiger partial charge >= 0.3 is 0 Å². The molecule has 1 saturated heterocycles. The summed E-state index contributed by atoms with van der Waals surface area (Å²) in [5, 5.41) is 10.6. The number of piperazine rings is 1. The number of likely N-dealkylation sites (N-methyl/N-ethyl adjacent to an activating group) is 1. The fourth-order valence-electron chi connectivity index (χ4n) is 2.44. The molecule has 0 aromatic carbocycles. The van der Waals surface area contributed by atoms with Crippen molar-refractivity contribution in [2.24, 2.45) is 0 Å². The summed E-state index contributed by atoms with van der Waals surface area (Å²) in [6.45, 7) is 4.66. The summed E-state index contributed by atoms with van der Waals surface area (Å²) in [6, 6.07) is 3.54. The van der Waals surface area contributed by atoms with E-state index in [-0.39, 0.29) is 11.9 Å². The average molecular weight is 353 g/mol. The number of hydrogen-bond donors (Lipinski definition) is 2. The standard InChI is InChI=1S/C13H17BrN6O/c1-2-16-12(21)10-7-15-5-6-19(10)13-17-11-4-3-9(14)8-20(11)18-13/h3-4,8,10,15H,2,5-7H2,1H3,(H,16,21). The lowest BCUT2D eigenvalue weighted by Gasteiger charge is -2.34. The zero-order valence-electron chi connectivity index (χ0n) is 11.7. The lowest BCUT2D eigenvalue weighted by Crippen LogP contribution is -2.58. The van der Waals surface area contributed by atoms with Crippen molar-refractivity contribution in [3.05, 3.63) is 22.8 Å². The van der Waals surface area contributed by atoms with Gasteiger partial charge in [-0.1, -0.05) is 0 Å². The van der Waals surface area contributed by atoms with Crippen LogP contribution in [0.2, 0.25) is 0 Å². The highest BCUT2D eigenvalue weighted by atomic mass is 79.9. The smallest absolute Gasteiger partial charge is 0.246 e. The molecule has 1 fully saturated rings. The monoisotopic (exact) mass is 352 g/mol. The Labute approximate surface area is 130 Å². The average Bonchev–Trinajstić information content (AvgIpc) is 2.90. The first-order chi connectivity index (χ1) is 10.2. The lowest BCUT2D eigenvalue weighted by atomic mass is 10.2. The van der Waals surface area contributed by atoms with Crippen molar-refractivity contribution in [2.45, 2.75) is 13.0 Å². The highest BCUT2D eigenvalue weighted by Crippen LogP contribution is 2.17. The van der Waals surface area contributed by atoms with Crippen LogP contribution in [0.5, 0.6) is 0 Å². The summed E-state index contributed by atoms with van der Waals surface area (Å²) in [5.74, 6) is 0.593. The van der Waals surface area contributed by atoms with Crippen molar-refractivity contribution < 1.29 is 4.79 Å². The maximum Gasteiger partial charge on any atom is 0.246 e. The lowest BCUT2D eigenvalue weighted by molar-refractivity contribution is -0.122. The first kappa shape index (κ1) is 14.3. The minimum Gasteiger partial charge on any atom is -0.355 e. The van der Waals surface area contributed by atoms with E-state index >= 15 is 0 Å². The largest absolute Gasteiger partial charge is 0.355 e. The van der Waals surface area contributed by atoms with Gasteiger partial charge in [-0.15, -0.1) is 5.10 Å². The van der Waals surface area contributed by atoms with Crippen molar-refractivity contribution in [2.75, 3.05) is 31.1 Å². The third kappa shape index (κ3) is 2.86. The second-order valence-electron chi connectivity index (χ2n) is 4.87. The van der Waals surface area contributed by atoms with Crippen LogP contribution >= 0.6 is 15.9 Å². The SMILES string of the molecule is CCNC(=O)C1CNCCN1c1nc2ccc(Br)cn2n1. The Balaban J connectivity index is 1.92. The highest BCUT2D eigenvalue weighted by molar-refractivity contribution is 9.10. The zero-order chi connectivity index (χ0) is 14.8. The predicted molar refractivity (Wildman–Crippen MR) is 83.4 cm³/mol. The fourth-order valence-corrected chi connectivity index (χ4v) is 2.76. The number of fused-ring (bicyclic) bond motifs is 1. The van der Waals surface area contributed by atoms with Gasteiger partial charge in [0.2, 0.25) is 11.9 Å². The van der Waals surface area contributed by atoms with E-state index < -0.39 is 0 Å². The molecule has 1 amide bonds. The molecule has 21 heavy (non-hydrogen) atoms. The number of aromatic nitrogens is 3. The number of nitrogens with one attached hydrogen (secondary N) is 2. The summed E-state index contributed by atoms with van der Waals surface area (Å²) < 4.78 is 2.66. The van der Waals surface area contributed by atoms with Crippen molar-refractivity contribution >= 4 is 33.4 Å². The van der Waals surface area contributed by atoms with Crippen molar-refractivity contribution in [3.8, 4) is 0 Å². The molecule has 0 saturated carbocycles. The van der Waals surface area contributed by atoms with E-state index in [0.717, 1.165) is 16.7 Å². The minimum atomic E-state index is -0.278. The molecule has 1 aliphatic rings. The van der Waals surface area contributed by atoms with Gasteiger partial charge in [0.15, 0.2) is 5.65 Å². The summed E-state index contributed by atoms with van der Waals surface area (Å²) in [7, 11) is 0. The fraction of sp³-hybridized carbons (Fsp3) is 0.462. The molecule has 0 spiro atoms. The van der Waals surface area contributed by atoms with Gasteiger partial charge in [-0.2, -0.15) is 4.98 Å². The molecule has 1 unspecified atom stereocenters. The van der Waals surface area contributed by atoms with Crippen LogP contribution in [0.25, 0.3) is 5.65 Å².